The zero-order valence-corrected chi connectivity index (χ0v) is 18.4. The van der Waals surface area contributed by atoms with Crippen LogP contribution in [0.25, 0.3) is 0 Å². The number of ether oxygens (including phenoxy) is 2. The second kappa shape index (κ2) is 7.09. The van der Waals surface area contributed by atoms with Crippen LogP contribution in [-0.4, -0.2) is 23.8 Å². The van der Waals surface area contributed by atoms with Gasteiger partial charge in [0.05, 0.1) is 13.7 Å². The van der Waals surface area contributed by atoms with Gasteiger partial charge in [-0.25, -0.2) is 0 Å². The van der Waals surface area contributed by atoms with E-state index in [1.54, 1.807) is 13.2 Å². The summed E-state index contributed by atoms with van der Waals surface area (Å²) in [5.41, 5.74) is 2.32. The molecule has 0 amide bonds. The number of benzene rings is 1. The molecule has 0 fully saturated rings. The summed E-state index contributed by atoms with van der Waals surface area (Å²) in [6.07, 6.45) is 2.19. The van der Waals surface area contributed by atoms with E-state index in [9.17, 15) is 14.7 Å². The molecule has 0 spiro atoms. The van der Waals surface area contributed by atoms with E-state index in [1.165, 1.54) is 0 Å². The summed E-state index contributed by atoms with van der Waals surface area (Å²) in [6.45, 7) is 8.11. The Morgan fingerprint density at radius 1 is 0.967 bits per heavy atom. The van der Waals surface area contributed by atoms with Crippen LogP contribution in [0.15, 0.2) is 40.9 Å². The molecule has 1 N–H and O–H groups in total. The van der Waals surface area contributed by atoms with E-state index in [0.717, 1.165) is 5.56 Å². The highest BCUT2D eigenvalue weighted by molar-refractivity contribution is 6.06. The van der Waals surface area contributed by atoms with Gasteiger partial charge >= 0.3 is 0 Å². The SMILES string of the molecule is COc1ccc(C2C3=C(CC(C)(C)CC3=O)OC3=C2C(=O)CC(C)(C)C3)cc1CO. The maximum absolute atomic E-state index is 13.3. The van der Waals surface area contributed by atoms with Gasteiger partial charge in [0.1, 0.15) is 17.3 Å². The Morgan fingerprint density at radius 2 is 1.50 bits per heavy atom. The average Bonchev–Trinajstić information content (AvgIpc) is 2.63. The highest BCUT2D eigenvalue weighted by Gasteiger charge is 2.47. The van der Waals surface area contributed by atoms with Gasteiger partial charge in [0, 0.05) is 48.3 Å². The second-order valence-corrected chi connectivity index (χ2v) is 10.3. The number of aliphatic hydroxyl groups is 1. The minimum Gasteiger partial charge on any atom is -0.496 e. The third-order valence-electron chi connectivity index (χ3n) is 6.39. The fourth-order valence-corrected chi connectivity index (χ4v) is 5.11. The van der Waals surface area contributed by atoms with Crippen molar-refractivity contribution < 1.29 is 24.2 Å². The lowest BCUT2D eigenvalue weighted by atomic mass is 9.65. The van der Waals surface area contributed by atoms with E-state index in [-0.39, 0.29) is 29.0 Å². The quantitative estimate of drug-likeness (QED) is 0.789. The fraction of sp³-hybridized carbons (Fsp3) is 0.520. The number of allylic oxidation sites excluding steroid dienone is 4. The number of methoxy groups -OCH3 is 1. The Labute approximate surface area is 177 Å². The molecule has 5 nitrogen and oxygen atoms in total. The molecule has 1 aliphatic heterocycles. The minimum absolute atomic E-state index is 0.0387. The minimum atomic E-state index is -0.452. The molecule has 0 radical (unpaired) electrons. The molecule has 0 aromatic heterocycles. The Balaban J connectivity index is 1.92. The Hall–Kier alpha value is -2.40. The molecule has 0 bridgehead atoms. The predicted molar refractivity (Wildman–Crippen MR) is 113 cm³/mol. The number of carbonyl (C=O) groups is 2. The van der Waals surface area contributed by atoms with Crippen molar-refractivity contribution >= 4 is 11.6 Å². The number of aliphatic hydroxyl groups excluding tert-OH is 1. The van der Waals surface area contributed by atoms with Crippen LogP contribution in [0.5, 0.6) is 5.75 Å². The standard InChI is InChI=1S/C25H30O5/c1-24(2)9-16(27)22-19(11-24)30-20-12-25(3,4)10-17(28)23(20)21(22)14-6-7-18(29-5)15(8-14)13-26/h6-8,21,26H,9-13H2,1-5H3. The first-order valence-corrected chi connectivity index (χ1v) is 10.5. The zero-order chi connectivity index (χ0) is 21.8. The molecule has 0 saturated carbocycles. The maximum atomic E-state index is 13.3. The van der Waals surface area contributed by atoms with Crippen molar-refractivity contribution in [3.05, 3.63) is 52.0 Å². The van der Waals surface area contributed by atoms with Crippen LogP contribution in [0, 0.1) is 10.8 Å². The molecular formula is C25H30O5. The van der Waals surface area contributed by atoms with Crippen molar-refractivity contribution in [1.82, 2.24) is 0 Å². The van der Waals surface area contributed by atoms with Gasteiger partial charge in [-0.15, -0.1) is 0 Å². The van der Waals surface area contributed by atoms with Crippen molar-refractivity contribution in [3.63, 3.8) is 0 Å². The van der Waals surface area contributed by atoms with E-state index in [1.807, 2.05) is 12.1 Å². The molecule has 3 aliphatic rings. The molecular weight excluding hydrogens is 380 g/mol. The normalized spacial score (nSPS) is 23.1. The summed E-state index contributed by atoms with van der Waals surface area (Å²) in [7, 11) is 1.56. The van der Waals surface area contributed by atoms with E-state index < -0.39 is 5.92 Å². The summed E-state index contributed by atoms with van der Waals surface area (Å²) in [4.78, 5) is 26.5. The number of carbonyl (C=O) groups excluding carboxylic acids is 2. The van der Waals surface area contributed by atoms with Crippen LogP contribution in [0.2, 0.25) is 0 Å². The van der Waals surface area contributed by atoms with Gasteiger partial charge in [-0.05, 0) is 28.5 Å². The second-order valence-electron chi connectivity index (χ2n) is 10.3. The number of ketones is 2. The smallest absolute Gasteiger partial charge is 0.163 e. The lowest BCUT2D eigenvalue weighted by Crippen LogP contribution is -2.37. The molecule has 1 heterocycles. The predicted octanol–water partition coefficient (Wildman–Crippen LogP) is 4.59. The maximum Gasteiger partial charge on any atom is 0.163 e. The van der Waals surface area contributed by atoms with Gasteiger partial charge in [0.2, 0.25) is 0 Å². The first kappa shape index (κ1) is 20.9. The molecule has 0 atom stereocenters. The van der Waals surface area contributed by atoms with E-state index in [2.05, 4.69) is 27.7 Å². The molecule has 160 valence electrons. The van der Waals surface area contributed by atoms with Crippen LogP contribution in [0.3, 0.4) is 0 Å². The molecule has 4 rings (SSSR count). The van der Waals surface area contributed by atoms with Gasteiger partial charge in [0.25, 0.3) is 0 Å². The molecule has 1 aromatic rings. The molecule has 0 saturated heterocycles. The number of hydrogen-bond donors (Lipinski definition) is 1. The summed E-state index contributed by atoms with van der Waals surface area (Å²) >= 11 is 0. The van der Waals surface area contributed by atoms with Gasteiger partial charge < -0.3 is 14.6 Å². The van der Waals surface area contributed by atoms with Crippen molar-refractivity contribution in [2.75, 3.05) is 7.11 Å². The Bertz CT molecular complexity index is 941. The largest absolute Gasteiger partial charge is 0.496 e. The van der Waals surface area contributed by atoms with Crippen LogP contribution in [0.1, 0.15) is 70.4 Å². The van der Waals surface area contributed by atoms with E-state index >= 15 is 0 Å². The van der Waals surface area contributed by atoms with Gasteiger partial charge in [-0.1, -0.05) is 33.8 Å². The topological polar surface area (TPSA) is 72.8 Å². The molecule has 1 aromatic carbocycles. The first-order valence-electron chi connectivity index (χ1n) is 10.5. The van der Waals surface area contributed by atoms with E-state index in [4.69, 9.17) is 9.47 Å². The lowest BCUT2D eigenvalue weighted by molar-refractivity contribution is -0.120. The van der Waals surface area contributed by atoms with E-state index in [0.29, 0.717) is 59.7 Å². The fourth-order valence-electron chi connectivity index (χ4n) is 5.11. The lowest BCUT2D eigenvalue weighted by Gasteiger charge is -2.42. The monoisotopic (exact) mass is 410 g/mol. The Kier molecular flexibility index (Phi) is 4.93. The van der Waals surface area contributed by atoms with Crippen LogP contribution in [-0.2, 0) is 20.9 Å². The van der Waals surface area contributed by atoms with Crippen molar-refractivity contribution in [3.8, 4) is 5.75 Å². The third-order valence-corrected chi connectivity index (χ3v) is 6.39. The van der Waals surface area contributed by atoms with Crippen LogP contribution < -0.4 is 4.74 Å². The average molecular weight is 411 g/mol. The zero-order valence-electron chi connectivity index (χ0n) is 18.4. The molecule has 30 heavy (non-hydrogen) atoms. The van der Waals surface area contributed by atoms with Crippen LogP contribution >= 0.6 is 0 Å². The van der Waals surface area contributed by atoms with Gasteiger partial charge in [-0.2, -0.15) is 0 Å². The van der Waals surface area contributed by atoms with Gasteiger partial charge in [0.15, 0.2) is 11.6 Å². The van der Waals surface area contributed by atoms with Crippen LogP contribution in [0.4, 0.5) is 0 Å². The van der Waals surface area contributed by atoms with Crippen molar-refractivity contribution in [1.29, 1.82) is 0 Å². The van der Waals surface area contributed by atoms with Gasteiger partial charge in [-0.3, -0.25) is 9.59 Å². The summed E-state index contributed by atoms with van der Waals surface area (Å²) < 4.78 is 11.6. The highest BCUT2D eigenvalue weighted by atomic mass is 16.5. The number of rotatable bonds is 3. The van der Waals surface area contributed by atoms with Crippen molar-refractivity contribution in [2.45, 2.75) is 65.9 Å². The third kappa shape index (κ3) is 3.49. The highest BCUT2D eigenvalue weighted by Crippen LogP contribution is 2.53. The summed E-state index contributed by atoms with van der Waals surface area (Å²) in [5.74, 6) is 1.61. The number of Topliss-reactive ketones (excluding diaryl/α,β-unsaturated/α-hetero) is 2. The summed E-state index contributed by atoms with van der Waals surface area (Å²) in [6, 6.07) is 5.54. The number of hydrogen-bond acceptors (Lipinski definition) is 5. The molecule has 2 aliphatic carbocycles. The molecule has 0 unspecified atom stereocenters. The van der Waals surface area contributed by atoms with Crippen molar-refractivity contribution in [2.24, 2.45) is 10.8 Å². The summed E-state index contributed by atoms with van der Waals surface area (Å²) in [5, 5.41) is 9.82. The first-order chi connectivity index (χ1) is 14.0. The Morgan fingerprint density at radius 3 is 1.97 bits per heavy atom. The molecule has 5 heteroatoms.